The number of hydrogen-bond acceptors (Lipinski definition) is 3. The fourth-order valence-electron chi connectivity index (χ4n) is 2.18. The second kappa shape index (κ2) is 6.57. The van der Waals surface area contributed by atoms with E-state index in [1.54, 1.807) is 0 Å². The Morgan fingerprint density at radius 1 is 1.38 bits per heavy atom. The van der Waals surface area contributed by atoms with Gasteiger partial charge in [0.25, 0.3) is 0 Å². The van der Waals surface area contributed by atoms with E-state index in [9.17, 15) is 8.42 Å². The molecule has 1 saturated carbocycles. The van der Waals surface area contributed by atoms with Crippen LogP contribution in [0.1, 0.15) is 45.4 Å². The fraction of sp³-hybridized carbons (Fsp3) is 1.00. The van der Waals surface area contributed by atoms with Crippen LogP contribution in [0.4, 0.5) is 0 Å². The first-order valence-electron chi connectivity index (χ1n) is 6.19. The standard InChI is InChI=1S/C11H23NO3S/c1-2-10(7-8-13)9-12-16(14,15)11-5-3-4-6-11/h10-13H,2-9H2,1H3. The largest absolute Gasteiger partial charge is 0.396 e. The van der Waals surface area contributed by atoms with Gasteiger partial charge in [-0.05, 0) is 25.2 Å². The van der Waals surface area contributed by atoms with Crippen LogP contribution in [-0.4, -0.2) is 31.9 Å². The first-order chi connectivity index (χ1) is 7.60. The quantitative estimate of drug-likeness (QED) is 0.714. The summed E-state index contributed by atoms with van der Waals surface area (Å²) in [5, 5.41) is 8.65. The molecule has 0 aliphatic heterocycles. The Bertz CT molecular complexity index is 284. The van der Waals surface area contributed by atoms with Crippen molar-refractivity contribution < 1.29 is 13.5 Å². The van der Waals surface area contributed by atoms with Crippen molar-refractivity contribution in [2.24, 2.45) is 5.92 Å². The minimum Gasteiger partial charge on any atom is -0.396 e. The van der Waals surface area contributed by atoms with Crippen molar-refractivity contribution in [3.05, 3.63) is 0 Å². The summed E-state index contributed by atoms with van der Waals surface area (Å²) in [4.78, 5) is 0. The van der Waals surface area contributed by atoms with E-state index in [0.29, 0.717) is 13.0 Å². The van der Waals surface area contributed by atoms with Gasteiger partial charge in [-0.3, -0.25) is 0 Å². The fourth-order valence-corrected chi connectivity index (χ4v) is 3.84. The van der Waals surface area contributed by atoms with Crippen molar-refractivity contribution in [1.82, 2.24) is 4.72 Å². The lowest BCUT2D eigenvalue weighted by atomic mass is 10.0. The van der Waals surface area contributed by atoms with E-state index < -0.39 is 10.0 Å². The third-order valence-corrected chi connectivity index (χ3v) is 5.35. The molecule has 16 heavy (non-hydrogen) atoms. The van der Waals surface area contributed by atoms with Gasteiger partial charge in [-0.15, -0.1) is 0 Å². The second-order valence-corrected chi connectivity index (χ2v) is 6.63. The molecule has 96 valence electrons. The maximum absolute atomic E-state index is 11.9. The van der Waals surface area contributed by atoms with Crippen LogP contribution in [0.5, 0.6) is 0 Å². The summed E-state index contributed by atoms with van der Waals surface area (Å²) in [5.41, 5.74) is 0. The monoisotopic (exact) mass is 249 g/mol. The van der Waals surface area contributed by atoms with Gasteiger partial charge in [0.15, 0.2) is 0 Å². The molecule has 0 aromatic rings. The lowest BCUT2D eigenvalue weighted by Gasteiger charge is -2.17. The van der Waals surface area contributed by atoms with E-state index in [0.717, 1.165) is 32.1 Å². The Morgan fingerprint density at radius 2 is 2.00 bits per heavy atom. The number of aliphatic hydroxyl groups excluding tert-OH is 1. The van der Waals surface area contributed by atoms with Gasteiger partial charge in [0.2, 0.25) is 10.0 Å². The van der Waals surface area contributed by atoms with Crippen LogP contribution in [0.2, 0.25) is 0 Å². The van der Waals surface area contributed by atoms with Crippen molar-refractivity contribution in [1.29, 1.82) is 0 Å². The minimum atomic E-state index is -3.12. The van der Waals surface area contributed by atoms with Crippen LogP contribution in [0, 0.1) is 5.92 Å². The molecule has 0 aromatic heterocycles. The number of aliphatic hydroxyl groups is 1. The van der Waals surface area contributed by atoms with Crippen molar-refractivity contribution in [3.63, 3.8) is 0 Å². The van der Waals surface area contributed by atoms with Crippen LogP contribution in [-0.2, 0) is 10.0 Å². The lowest BCUT2D eigenvalue weighted by Crippen LogP contribution is -2.36. The van der Waals surface area contributed by atoms with E-state index in [2.05, 4.69) is 4.72 Å². The Labute approximate surface area is 98.5 Å². The van der Waals surface area contributed by atoms with Gasteiger partial charge >= 0.3 is 0 Å². The predicted molar refractivity (Wildman–Crippen MR) is 64.7 cm³/mol. The zero-order chi connectivity index (χ0) is 12.0. The molecule has 1 aliphatic rings. The highest BCUT2D eigenvalue weighted by atomic mass is 32.2. The van der Waals surface area contributed by atoms with Gasteiger partial charge in [0, 0.05) is 13.2 Å². The van der Waals surface area contributed by atoms with Crippen LogP contribution < -0.4 is 4.72 Å². The van der Waals surface area contributed by atoms with Crippen LogP contribution in [0.15, 0.2) is 0 Å². The zero-order valence-corrected chi connectivity index (χ0v) is 10.8. The van der Waals surface area contributed by atoms with Gasteiger partial charge in [-0.2, -0.15) is 0 Å². The molecule has 0 spiro atoms. The number of hydrogen-bond donors (Lipinski definition) is 2. The Balaban J connectivity index is 2.40. The molecular weight excluding hydrogens is 226 g/mol. The van der Waals surface area contributed by atoms with E-state index in [1.165, 1.54) is 0 Å². The van der Waals surface area contributed by atoms with E-state index in [1.807, 2.05) is 6.92 Å². The molecule has 1 atom stereocenters. The van der Waals surface area contributed by atoms with Gasteiger partial charge in [0.05, 0.1) is 5.25 Å². The van der Waals surface area contributed by atoms with Crippen molar-refractivity contribution in [2.45, 2.75) is 50.7 Å². The average molecular weight is 249 g/mol. The normalized spacial score (nSPS) is 20.1. The Kier molecular flexibility index (Phi) is 5.72. The lowest BCUT2D eigenvalue weighted by molar-refractivity contribution is 0.254. The summed E-state index contributed by atoms with van der Waals surface area (Å²) >= 11 is 0. The maximum atomic E-state index is 11.9. The highest BCUT2D eigenvalue weighted by molar-refractivity contribution is 7.90. The van der Waals surface area contributed by atoms with E-state index in [-0.39, 0.29) is 17.8 Å². The highest BCUT2D eigenvalue weighted by Gasteiger charge is 2.28. The molecule has 0 amide bonds. The van der Waals surface area contributed by atoms with Gasteiger partial charge in [-0.25, -0.2) is 13.1 Å². The average Bonchev–Trinajstić information content (AvgIpc) is 2.78. The third kappa shape index (κ3) is 4.03. The molecule has 1 aliphatic carbocycles. The number of nitrogens with one attached hydrogen (secondary N) is 1. The van der Waals surface area contributed by atoms with Gasteiger partial charge in [-0.1, -0.05) is 26.2 Å². The van der Waals surface area contributed by atoms with Crippen molar-refractivity contribution >= 4 is 10.0 Å². The van der Waals surface area contributed by atoms with Crippen molar-refractivity contribution in [2.75, 3.05) is 13.2 Å². The molecule has 2 N–H and O–H groups in total. The Hall–Kier alpha value is -0.130. The Morgan fingerprint density at radius 3 is 2.50 bits per heavy atom. The summed E-state index contributed by atoms with van der Waals surface area (Å²) in [5.74, 6) is 0.251. The topological polar surface area (TPSA) is 66.4 Å². The van der Waals surface area contributed by atoms with Crippen LogP contribution in [0.3, 0.4) is 0 Å². The van der Waals surface area contributed by atoms with E-state index in [4.69, 9.17) is 5.11 Å². The van der Waals surface area contributed by atoms with Gasteiger partial charge in [0.1, 0.15) is 0 Å². The van der Waals surface area contributed by atoms with Crippen LogP contribution in [0.25, 0.3) is 0 Å². The summed E-state index contributed by atoms with van der Waals surface area (Å²) < 4.78 is 26.5. The molecule has 1 rings (SSSR count). The molecule has 0 aromatic carbocycles. The molecule has 5 heteroatoms. The first kappa shape index (κ1) is 13.9. The molecule has 4 nitrogen and oxygen atoms in total. The summed E-state index contributed by atoms with van der Waals surface area (Å²) in [6, 6.07) is 0. The SMILES string of the molecule is CCC(CCO)CNS(=O)(=O)C1CCCC1. The third-order valence-electron chi connectivity index (χ3n) is 3.43. The molecule has 0 radical (unpaired) electrons. The molecule has 0 bridgehead atoms. The highest BCUT2D eigenvalue weighted by Crippen LogP contribution is 2.24. The summed E-state index contributed by atoms with van der Waals surface area (Å²) in [6.07, 6.45) is 5.22. The molecule has 1 fully saturated rings. The smallest absolute Gasteiger partial charge is 0.214 e. The second-order valence-electron chi connectivity index (χ2n) is 4.59. The summed E-state index contributed by atoms with van der Waals surface area (Å²) in [7, 11) is -3.12. The van der Waals surface area contributed by atoms with Crippen LogP contribution >= 0.6 is 0 Å². The van der Waals surface area contributed by atoms with Crippen molar-refractivity contribution in [3.8, 4) is 0 Å². The first-order valence-corrected chi connectivity index (χ1v) is 7.74. The molecular formula is C11H23NO3S. The number of rotatable bonds is 7. The zero-order valence-electron chi connectivity index (χ0n) is 9.98. The molecule has 1 unspecified atom stereocenters. The summed E-state index contributed by atoms with van der Waals surface area (Å²) in [6.45, 7) is 2.61. The minimum absolute atomic E-state index is 0.129. The van der Waals surface area contributed by atoms with E-state index >= 15 is 0 Å². The van der Waals surface area contributed by atoms with Gasteiger partial charge < -0.3 is 5.11 Å². The molecule has 0 saturated heterocycles. The predicted octanol–water partition coefficient (Wildman–Crippen LogP) is 1.26. The number of sulfonamides is 1. The maximum Gasteiger partial charge on any atom is 0.214 e. The molecule has 0 heterocycles.